The van der Waals surface area contributed by atoms with Crippen LogP contribution in [0.1, 0.15) is 11.1 Å². The number of carbonyl (C=O) groups is 1. The molecule has 0 atom stereocenters. The lowest BCUT2D eigenvalue weighted by atomic mass is 10.0. The quantitative estimate of drug-likeness (QED) is 0.845. The van der Waals surface area contributed by atoms with E-state index >= 15 is 0 Å². The van der Waals surface area contributed by atoms with E-state index in [0.29, 0.717) is 24.6 Å². The molecular weight excluding hydrogens is 320 g/mol. The number of carbonyl (C=O) groups excluding carboxylic acids is 1. The molecule has 0 saturated carbocycles. The van der Waals surface area contributed by atoms with Gasteiger partial charge in [0.1, 0.15) is 6.54 Å². The van der Waals surface area contributed by atoms with E-state index < -0.39 is 0 Å². The van der Waals surface area contributed by atoms with Gasteiger partial charge in [0, 0.05) is 25.4 Å². The zero-order valence-electron chi connectivity index (χ0n) is 14.5. The number of hydrogen-bond acceptors (Lipinski definition) is 4. The van der Waals surface area contributed by atoms with Gasteiger partial charge in [-0.3, -0.25) is 9.59 Å². The van der Waals surface area contributed by atoms with Gasteiger partial charge in [0.2, 0.25) is 5.91 Å². The van der Waals surface area contributed by atoms with Gasteiger partial charge in [-0.1, -0.05) is 6.07 Å². The Morgan fingerprint density at radius 2 is 1.64 bits per heavy atom. The summed E-state index contributed by atoms with van der Waals surface area (Å²) >= 11 is 0. The summed E-state index contributed by atoms with van der Waals surface area (Å²) in [6, 6.07) is 8.87. The molecule has 0 saturated heterocycles. The fraction of sp³-hybridized carbons (Fsp3) is 0.368. The molecule has 0 bridgehead atoms. The van der Waals surface area contributed by atoms with E-state index in [1.807, 2.05) is 17.0 Å². The third-order valence-corrected chi connectivity index (χ3v) is 4.57. The zero-order valence-corrected chi connectivity index (χ0v) is 14.5. The SMILES string of the molecule is COc1cc2c(cc1OC)CCN(C(=O)Cn1ccccc1=O)CC2. The highest BCUT2D eigenvalue weighted by molar-refractivity contribution is 5.76. The number of aromatic nitrogens is 1. The molecule has 0 radical (unpaired) electrons. The summed E-state index contributed by atoms with van der Waals surface area (Å²) in [5.74, 6) is 1.37. The molecule has 0 N–H and O–H groups in total. The van der Waals surface area contributed by atoms with Crippen LogP contribution in [0.25, 0.3) is 0 Å². The van der Waals surface area contributed by atoms with Crippen LogP contribution in [0, 0.1) is 0 Å². The maximum Gasteiger partial charge on any atom is 0.250 e. The highest BCUT2D eigenvalue weighted by Crippen LogP contribution is 2.32. The highest BCUT2D eigenvalue weighted by Gasteiger charge is 2.20. The van der Waals surface area contributed by atoms with Gasteiger partial charge in [-0.25, -0.2) is 0 Å². The summed E-state index contributed by atoms with van der Waals surface area (Å²) in [5, 5.41) is 0. The fourth-order valence-corrected chi connectivity index (χ4v) is 3.14. The van der Waals surface area contributed by atoms with E-state index in [9.17, 15) is 9.59 Å². The Kier molecular flexibility index (Phi) is 5.07. The van der Waals surface area contributed by atoms with Crippen molar-refractivity contribution >= 4 is 5.91 Å². The van der Waals surface area contributed by atoms with Crippen molar-refractivity contribution in [2.45, 2.75) is 19.4 Å². The van der Waals surface area contributed by atoms with Crippen molar-refractivity contribution in [3.8, 4) is 11.5 Å². The van der Waals surface area contributed by atoms with E-state index in [2.05, 4.69) is 0 Å². The first-order valence-corrected chi connectivity index (χ1v) is 8.29. The smallest absolute Gasteiger partial charge is 0.250 e. The van der Waals surface area contributed by atoms with Crippen LogP contribution in [0.2, 0.25) is 0 Å². The maximum absolute atomic E-state index is 12.6. The maximum atomic E-state index is 12.6. The summed E-state index contributed by atoms with van der Waals surface area (Å²) in [4.78, 5) is 26.2. The first-order chi connectivity index (χ1) is 12.1. The fourth-order valence-electron chi connectivity index (χ4n) is 3.14. The van der Waals surface area contributed by atoms with Gasteiger partial charge >= 0.3 is 0 Å². The van der Waals surface area contributed by atoms with Crippen molar-refractivity contribution in [1.82, 2.24) is 9.47 Å². The van der Waals surface area contributed by atoms with E-state index in [4.69, 9.17) is 9.47 Å². The summed E-state index contributed by atoms with van der Waals surface area (Å²) < 4.78 is 12.2. The molecule has 1 aliphatic heterocycles. The molecule has 6 nitrogen and oxygen atoms in total. The zero-order chi connectivity index (χ0) is 17.8. The van der Waals surface area contributed by atoms with Crippen molar-refractivity contribution < 1.29 is 14.3 Å². The molecule has 3 rings (SSSR count). The monoisotopic (exact) mass is 342 g/mol. The standard InChI is InChI=1S/C19H22N2O4/c1-24-16-11-14-6-9-20(10-7-15(14)12-17(16)25-2)19(23)13-21-8-4-3-5-18(21)22/h3-5,8,11-12H,6-7,9-10,13H2,1-2H3. The van der Waals surface area contributed by atoms with Crippen LogP contribution in [0.15, 0.2) is 41.3 Å². The first-order valence-electron chi connectivity index (χ1n) is 8.29. The molecule has 0 fully saturated rings. The minimum absolute atomic E-state index is 0.0416. The van der Waals surface area contributed by atoms with Crippen molar-refractivity contribution in [2.24, 2.45) is 0 Å². The second kappa shape index (κ2) is 7.42. The van der Waals surface area contributed by atoms with Crippen LogP contribution in [0.5, 0.6) is 11.5 Å². The number of benzene rings is 1. The average molecular weight is 342 g/mol. The molecular formula is C19H22N2O4. The number of ether oxygens (including phenoxy) is 2. The highest BCUT2D eigenvalue weighted by atomic mass is 16.5. The predicted octanol–water partition coefficient (Wildman–Crippen LogP) is 1.49. The number of hydrogen-bond donors (Lipinski definition) is 0. The second-order valence-corrected chi connectivity index (χ2v) is 6.02. The van der Waals surface area contributed by atoms with Crippen molar-refractivity contribution in [3.63, 3.8) is 0 Å². The molecule has 25 heavy (non-hydrogen) atoms. The number of pyridine rings is 1. The molecule has 2 aromatic rings. The van der Waals surface area contributed by atoms with Gasteiger partial charge in [0.15, 0.2) is 11.5 Å². The number of methoxy groups -OCH3 is 2. The van der Waals surface area contributed by atoms with E-state index in [-0.39, 0.29) is 18.0 Å². The molecule has 0 spiro atoms. The van der Waals surface area contributed by atoms with Gasteiger partial charge in [-0.2, -0.15) is 0 Å². The molecule has 1 aliphatic rings. The molecule has 2 heterocycles. The summed E-state index contributed by atoms with van der Waals surface area (Å²) in [6.45, 7) is 1.33. The van der Waals surface area contributed by atoms with E-state index in [0.717, 1.165) is 12.8 Å². The van der Waals surface area contributed by atoms with Crippen LogP contribution in [-0.2, 0) is 24.2 Å². The van der Waals surface area contributed by atoms with Gasteiger partial charge in [0.05, 0.1) is 14.2 Å². The Hall–Kier alpha value is -2.76. The lowest BCUT2D eigenvalue weighted by Crippen LogP contribution is -2.37. The summed E-state index contributed by atoms with van der Waals surface area (Å²) in [5.41, 5.74) is 2.18. The topological polar surface area (TPSA) is 60.8 Å². The van der Waals surface area contributed by atoms with Gasteiger partial charge in [0.25, 0.3) is 5.56 Å². The Balaban J connectivity index is 1.74. The van der Waals surface area contributed by atoms with Crippen LogP contribution in [-0.4, -0.2) is 42.7 Å². The summed E-state index contributed by atoms with van der Waals surface area (Å²) in [7, 11) is 3.24. The molecule has 0 aliphatic carbocycles. The van der Waals surface area contributed by atoms with Gasteiger partial charge in [-0.05, 0) is 42.2 Å². The third-order valence-electron chi connectivity index (χ3n) is 4.57. The molecule has 0 unspecified atom stereocenters. The number of amides is 1. The van der Waals surface area contributed by atoms with Crippen molar-refractivity contribution in [2.75, 3.05) is 27.3 Å². The Morgan fingerprint density at radius 3 is 2.16 bits per heavy atom. The minimum Gasteiger partial charge on any atom is -0.493 e. The molecule has 1 amide bonds. The van der Waals surface area contributed by atoms with Crippen molar-refractivity contribution in [1.29, 1.82) is 0 Å². The second-order valence-electron chi connectivity index (χ2n) is 6.02. The predicted molar refractivity (Wildman–Crippen MR) is 94.2 cm³/mol. The number of rotatable bonds is 4. The third kappa shape index (κ3) is 3.68. The number of nitrogens with zero attached hydrogens (tertiary/aromatic N) is 2. The number of fused-ring (bicyclic) bond motifs is 1. The van der Waals surface area contributed by atoms with Gasteiger partial charge in [-0.15, -0.1) is 0 Å². The average Bonchev–Trinajstić information content (AvgIpc) is 2.84. The van der Waals surface area contributed by atoms with Crippen LogP contribution < -0.4 is 15.0 Å². The van der Waals surface area contributed by atoms with Crippen molar-refractivity contribution in [3.05, 3.63) is 58.0 Å². The first kappa shape index (κ1) is 17.1. The Labute approximate surface area is 146 Å². The minimum atomic E-state index is -0.163. The normalized spacial score (nSPS) is 13.8. The van der Waals surface area contributed by atoms with Gasteiger partial charge < -0.3 is 18.9 Å². The molecule has 6 heteroatoms. The van der Waals surface area contributed by atoms with E-state index in [1.54, 1.807) is 32.5 Å². The lowest BCUT2D eigenvalue weighted by molar-refractivity contribution is -0.131. The Morgan fingerprint density at radius 1 is 1.04 bits per heavy atom. The largest absolute Gasteiger partial charge is 0.493 e. The van der Waals surface area contributed by atoms with Crippen LogP contribution in [0.4, 0.5) is 0 Å². The van der Waals surface area contributed by atoms with Crippen LogP contribution >= 0.6 is 0 Å². The molecule has 1 aromatic carbocycles. The van der Waals surface area contributed by atoms with Crippen LogP contribution in [0.3, 0.4) is 0 Å². The summed E-state index contributed by atoms with van der Waals surface area (Å²) in [6.07, 6.45) is 3.15. The van der Waals surface area contributed by atoms with E-state index in [1.165, 1.54) is 21.8 Å². The Bertz CT molecular complexity index is 793. The lowest BCUT2D eigenvalue weighted by Gasteiger charge is -2.20. The molecule has 132 valence electrons. The molecule has 1 aromatic heterocycles.